The van der Waals surface area contributed by atoms with Gasteiger partial charge in [-0.15, -0.1) is 0 Å². The van der Waals surface area contributed by atoms with E-state index in [1.165, 1.54) is 0 Å². The van der Waals surface area contributed by atoms with Crippen LogP contribution in [0.5, 0.6) is 0 Å². The van der Waals surface area contributed by atoms with Gasteiger partial charge in [-0.2, -0.15) is 0 Å². The second-order valence-corrected chi connectivity index (χ2v) is 8.25. The van der Waals surface area contributed by atoms with Gasteiger partial charge in [0.05, 0.1) is 15.5 Å². The molecular formula is C18H22Cl2N2O. The van der Waals surface area contributed by atoms with Gasteiger partial charge in [0, 0.05) is 19.1 Å². The van der Waals surface area contributed by atoms with Gasteiger partial charge in [-0.05, 0) is 55.2 Å². The minimum atomic E-state index is -0.392. The van der Waals surface area contributed by atoms with E-state index in [2.05, 4.69) is 4.90 Å². The van der Waals surface area contributed by atoms with Crippen LogP contribution < -0.4 is 5.73 Å². The van der Waals surface area contributed by atoms with Crippen LogP contribution in [0.3, 0.4) is 0 Å². The average Bonchev–Trinajstić information content (AvgIpc) is 3.04. The van der Waals surface area contributed by atoms with Crippen LogP contribution >= 0.6 is 23.2 Å². The summed E-state index contributed by atoms with van der Waals surface area (Å²) in [4.78, 5) is 15.4. The number of fused-ring (bicyclic) bond motifs is 1. The second kappa shape index (κ2) is 5.65. The number of likely N-dealkylation sites (tertiary alicyclic amines) is 1. The number of carbonyl (C=O) groups is 1. The van der Waals surface area contributed by atoms with E-state index in [9.17, 15) is 4.79 Å². The molecule has 4 rings (SSSR count). The van der Waals surface area contributed by atoms with Crippen LogP contribution in [-0.4, -0.2) is 29.9 Å². The Bertz CT molecular complexity index is 644. The van der Waals surface area contributed by atoms with Crippen LogP contribution in [0.25, 0.3) is 0 Å². The van der Waals surface area contributed by atoms with Gasteiger partial charge >= 0.3 is 0 Å². The molecule has 23 heavy (non-hydrogen) atoms. The summed E-state index contributed by atoms with van der Waals surface area (Å²) in [6.07, 6.45) is 5.17. The zero-order valence-corrected chi connectivity index (χ0v) is 14.6. The molecule has 3 unspecified atom stereocenters. The highest BCUT2D eigenvalue weighted by molar-refractivity contribution is 6.42. The smallest absolute Gasteiger partial charge is 0.233 e. The zero-order valence-electron chi connectivity index (χ0n) is 13.1. The van der Waals surface area contributed by atoms with Gasteiger partial charge in [0.15, 0.2) is 0 Å². The lowest BCUT2D eigenvalue weighted by atomic mass is 9.63. The summed E-state index contributed by atoms with van der Waals surface area (Å²) in [5.41, 5.74) is 6.84. The van der Waals surface area contributed by atoms with E-state index in [1.807, 2.05) is 12.1 Å². The topological polar surface area (TPSA) is 46.3 Å². The monoisotopic (exact) mass is 352 g/mol. The molecule has 3 atom stereocenters. The van der Waals surface area contributed by atoms with Crippen molar-refractivity contribution in [3.63, 3.8) is 0 Å². The Labute approximate surface area is 147 Å². The molecule has 2 saturated carbocycles. The number of nitrogens with zero attached hydrogens (tertiary/aromatic N) is 1. The van der Waals surface area contributed by atoms with Gasteiger partial charge in [-0.25, -0.2) is 0 Å². The SMILES string of the molecule is NC1CCC2CN(C(=O)C3(c4ccc(Cl)c(Cl)c4)CCC3)CC12. The van der Waals surface area contributed by atoms with Crippen LogP contribution in [0.2, 0.25) is 10.0 Å². The van der Waals surface area contributed by atoms with E-state index in [4.69, 9.17) is 28.9 Å². The number of hydrogen-bond donors (Lipinski definition) is 1. The third-order valence-electron chi connectivity index (χ3n) is 6.29. The standard InChI is InChI=1S/C18H22Cl2N2O/c19-14-4-3-12(8-15(14)20)18(6-1-7-18)17(23)22-9-11-2-5-16(21)13(11)10-22/h3-4,8,11,13,16H,1-2,5-7,9-10,21H2. The van der Waals surface area contributed by atoms with Gasteiger partial charge in [-0.3, -0.25) is 4.79 Å². The first-order chi connectivity index (χ1) is 11.0. The molecule has 0 aromatic heterocycles. The van der Waals surface area contributed by atoms with Crippen LogP contribution in [0, 0.1) is 11.8 Å². The highest BCUT2D eigenvalue weighted by Crippen LogP contribution is 2.48. The van der Waals surface area contributed by atoms with Crippen molar-refractivity contribution < 1.29 is 4.79 Å². The first-order valence-corrected chi connectivity index (χ1v) is 9.27. The van der Waals surface area contributed by atoms with E-state index in [-0.39, 0.29) is 11.9 Å². The van der Waals surface area contributed by atoms with Gasteiger partial charge in [0.1, 0.15) is 0 Å². The number of rotatable bonds is 2. The minimum absolute atomic E-state index is 0.264. The Hall–Kier alpha value is -0.770. The first-order valence-electron chi connectivity index (χ1n) is 8.52. The predicted molar refractivity (Wildman–Crippen MR) is 92.8 cm³/mol. The lowest BCUT2D eigenvalue weighted by Gasteiger charge is -2.43. The van der Waals surface area contributed by atoms with E-state index in [0.717, 1.165) is 50.8 Å². The van der Waals surface area contributed by atoms with Crippen molar-refractivity contribution in [3.8, 4) is 0 Å². The third kappa shape index (κ3) is 2.40. The maximum absolute atomic E-state index is 13.3. The number of nitrogens with two attached hydrogens (primary N) is 1. The van der Waals surface area contributed by atoms with Crippen LogP contribution in [0.15, 0.2) is 18.2 Å². The molecular weight excluding hydrogens is 331 g/mol. The molecule has 3 nitrogen and oxygen atoms in total. The molecule has 124 valence electrons. The maximum Gasteiger partial charge on any atom is 0.233 e. The fraction of sp³-hybridized carbons (Fsp3) is 0.611. The Morgan fingerprint density at radius 1 is 1.17 bits per heavy atom. The molecule has 5 heteroatoms. The van der Waals surface area contributed by atoms with Crippen molar-refractivity contribution in [2.75, 3.05) is 13.1 Å². The van der Waals surface area contributed by atoms with Crippen LogP contribution in [0.4, 0.5) is 0 Å². The van der Waals surface area contributed by atoms with E-state index in [0.29, 0.717) is 21.9 Å². The molecule has 1 heterocycles. The largest absolute Gasteiger partial charge is 0.341 e. The molecule has 1 aliphatic heterocycles. The Kier molecular flexibility index (Phi) is 3.86. The van der Waals surface area contributed by atoms with Crippen molar-refractivity contribution in [2.24, 2.45) is 17.6 Å². The lowest BCUT2D eigenvalue weighted by Crippen LogP contribution is -2.51. The number of amides is 1. The van der Waals surface area contributed by atoms with E-state index < -0.39 is 5.41 Å². The normalized spacial score (nSPS) is 31.8. The minimum Gasteiger partial charge on any atom is -0.341 e. The van der Waals surface area contributed by atoms with Gasteiger partial charge in [0.2, 0.25) is 5.91 Å². The summed E-state index contributed by atoms with van der Waals surface area (Å²) in [7, 11) is 0. The molecule has 1 aromatic rings. The van der Waals surface area contributed by atoms with Gasteiger partial charge in [0.25, 0.3) is 0 Å². The molecule has 0 spiro atoms. The fourth-order valence-electron chi connectivity index (χ4n) is 4.73. The van der Waals surface area contributed by atoms with Crippen molar-refractivity contribution in [3.05, 3.63) is 33.8 Å². The molecule has 2 N–H and O–H groups in total. The van der Waals surface area contributed by atoms with Crippen molar-refractivity contribution >= 4 is 29.1 Å². The summed E-state index contributed by atoms with van der Waals surface area (Å²) in [6, 6.07) is 5.92. The number of benzene rings is 1. The van der Waals surface area contributed by atoms with Crippen molar-refractivity contribution in [1.82, 2.24) is 4.90 Å². The highest BCUT2D eigenvalue weighted by Gasteiger charge is 2.51. The molecule has 2 aliphatic carbocycles. The molecule has 0 bridgehead atoms. The summed E-state index contributed by atoms with van der Waals surface area (Å²) in [6.45, 7) is 1.70. The zero-order chi connectivity index (χ0) is 16.2. The number of carbonyl (C=O) groups excluding carboxylic acids is 1. The molecule has 3 aliphatic rings. The predicted octanol–water partition coefficient (Wildman–Crippen LogP) is 3.61. The fourth-order valence-corrected chi connectivity index (χ4v) is 5.02. The summed E-state index contributed by atoms with van der Waals surface area (Å²) < 4.78 is 0. The molecule has 1 aromatic carbocycles. The van der Waals surface area contributed by atoms with Crippen molar-refractivity contribution in [1.29, 1.82) is 0 Å². The summed E-state index contributed by atoms with van der Waals surface area (Å²) in [5, 5.41) is 1.07. The lowest BCUT2D eigenvalue weighted by molar-refractivity contribution is -0.140. The average molecular weight is 353 g/mol. The molecule has 0 radical (unpaired) electrons. The Morgan fingerprint density at radius 3 is 2.57 bits per heavy atom. The van der Waals surface area contributed by atoms with Crippen LogP contribution in [-0.2, 0) is 10.2 Å². The Balaban J connectivity index is 1.59. The van der Waals surface area contributed by atoms with Gasteiger partial charge in [-0.1, -0.05) is 35.7 Å². The molecule has 1 saturated heterocycles. The number of hydrogen-bond acceptors (Lipinski definition) is 2. The third-order valence-corrected chi connectivity index (χ3v) is 7.03. The quantitative estimate of drug-likeness (QED) is 0.883. The van der Waals surface area contributed by atoms with Crippen molar-refractivity contribution in [2.45, 2.75) is 43.6 Å². The van der Waals surface area contributed by atoms with Crippen LogP contribution in [0.1, 0.15) is 37.7 Å². The highest BCUT2D eigenvalue weighted by atomic mass is 35.5. The molecule has 3 fully saturated rings. The van der Waals surface area contributed by atoms with Gasteiger partial charge < -0.3 is 10.6 Å². The van der Waals surface area contributed by atoms with E-state index >= 15 is 0 Å². The Morgan fingerprint density at radius 2 is 1.96 bits per heavy atom. The van der Waals surface area contributed by atoms with E-state index in [1.54, 1.807) is 6.07 Å². The maximum atomic E-state index is 13.3. The summed E-state index contributed by atoms with van der Waals surface area (Å²) in [5.74, 6) is 1.36. The second-order valence-electron chi connectivity index (χ2n) is 7.44. The first kappa shape index (κ1) is 15.7. The summed E-state index contributed by atoms with van der Waals surface area (Å²) >= 11 is 12.2. The molecule has 1 amide bonds. The number of halogens is 2.